The van der Waals surface area contributed by atoms with Gasteiger partial charge in [0.25, 0.3) is 11.6 Å². The summed E-state index contributed by atoms with van der Waals surface area (Å²) >= 11 is 0. The predicted octanol–water partition coefficient (Wildman–Crippen LogP) is 1.74. The van der Waals surface area contributed by atoms with Gasteiger partial charge < -0.3 is 15.2 Å². The lowest BCUT2D eigenvalue weighted by atomic mass is 10.0. The lowest BCUT2D eigenvalue weighted by Gasteiger charge is -2.23. The Hall–Kier alpha value is -1.66. The van der Waals surface area contributed by atoms with E-state index in [0.29, 0.717) is 22.4 Å². The Morgan fingerprint density at radius 3 is 2.81 bits per heavy atom. The number of piperidine rings is 1. The first-order valence-electron chi connectivity index (χ1n) is 6.90. The molecule has 2 aromatic rings. The second kappa shape index (κ2) is 6.41. The molecule has 0 atom stereocenters. The van der Waals surface area contributed by atoms with Crippen molar-refractivity contribution in [3.05, 3.63) is 23.0 Å². The molecule has 3 rings (SSSR count). The number of hydrogen-bond donors (Lipinski definition) is 2. The van der Waals surface area contributed by atoms with Gasteiger partial charge in [0.05, 0.1) is 16.6 Å². The average Bonchev–Trinajstić information content (AvgIpc) is 2.80. The van der Waals surface area contributed by atoms with E-state index >= 15 is 0 Å². The summed E-state index contributed by atoms with van der Waals surface area (Å²) in [5.74, 6) is -0.0706. The molecule has 1 fully saturated rings. The number of nitrogens with zero attached hydrogens (tertiary/aromatic N) is 2. The Morgan fingerprint density at radius 2 is 2.10 bits per heavy atom. The van der Waals surface area contributed by atoms with Crippen molar-refractivity contribution in [1.82, 2.24) is 20.8 Å². The van der Waals surface area contributed by atoms with Crippen LogP contribution in [0.25, 0.3) is 11.1 Å². The number of amides is 1. The highest BCUT2D eigenvalue weighted by atomic mass is 35.5. The SMILES string of the molecule is Cc1cc(C(=O)NC2CCNCC2)c2c(C)noc2n1.Cl. The van der Waals surface area contributed by atoms with E-state index in [9.17, 15) is 4.79 Å². The van der Waals surface area contributed by atoms with Crippen LogP contribution in [-0.2, 0) is 0 Å². The largest absolute Gasteiger partial charge is 0.349 e. The summed E-state index contributed by atoms with van der Waals surface area (Å²) in [6, 6.07) is 2.02. The Balaban J connectivity index is 0.00000161. The molecule has 0 spiro atoms. The average molecular weight is 311 g/mol. The number of halogens is 1. The van der Waals surface area contributed by atoms with Gasteiger partial charge >= 0.3 is 0 Å². The number of hydrogen-bond acceptors (Lipinski definition) is 5. The molecular formula is C14H19ClN4O2. The maximum atomic E-state index is 12.5. The van der Waals surface area contributed by atoms with Crippen LogP contribution in [0.2, 0.25) is 0 Å². The molecule has 3 heterocycles. The molecular weight excluding hydrogens is 292 g/mol. The second-order valence-electron chi connectivity index (χ2n) is 5.26. The fourth-order valence-corrected chi connectivity index (χ4v) is 2.63. The molecule has 1 aliphatic rings. The molecule has 1 saturated heterocycles. The summed E-state index contributed by atoms with van der Waals surface area (Å²) in [4.78, 5) is 16.8. The lowest BCUT2D eigenvalue weighted by Crippen LogP contribution is -2.42. The fourth-order valence-electron chi connectivity index (χ4n) is 2.63. The standard InChI is InChI=1S/C14H18N4O2.ClH/c1-8-7-11(12-9(2)18-20-14(12)16-8)13(19)17-10-3-5-15-6-4-10;/h7,10,15H,3-6H2,1-2H3,(H,17,19);1H. The monoisotopic (exact) mass is 310 g/mol. The number of carbonyl (C=O) groups excluding carboxylic acids is 1. The number of rotatable bonds is 2. The first-order valence-corrected chi connectivity index (χ1v) is 6.90. The number of aromatic nitrogens is 2. The van der Waals surface area contributed by atoms with E-state index in [-0.39, 0.29) is 24.4 Å². The van der Waals surface area contributed by atoms with E-state index in [2.05, 4.69) is 20.8 Å². The molecule has 0 unspecified atom stereocenters. The highest BCUT2D eigenvalue weighted by molar-refractivity contribution is 6.06. The first kappa shape index (κ1) is 15.7. The molecule has 2 aromatic heterocycles. The quantitative estimate of drug-likeness (QED) is 0.883. The maximum absolute atomic E-state index is 12.5. The smallest absolute Gasteiger partial charge is 0.258 e. The van der Waals surface area contributed by atoms with E-state index < -0.39 is 0 Å². The minimum atomic E-state index is -0.0706. The van der Waals surface area contributed by atoms with Crippen molar-refractivity contribution < 1.29 is 9.32 Å². The van der Waals surface area contributed by atoms with Crippen LogP contribution in [0.1, 0.15) is 34.6 Å². The summed E-state index contributed by atoms with van der Waals surface area (Å²) in [6.45, 7) is 5.56. The molecule has 0 radical (unpaired) electrons. The van der Waals surface area contributed by atoms with Crippen LogP contribution in [-0.4, -0.2) is 35.2 Å². The van der Waals surface area contributed by atoms with Gasteiger partial charge in [0.15, 0.2) is 0 Å². The Kier molecular flexibility index (Phi) is 4.80. The van der Waals surface area contributed by atoms with Gasteiger partial charge in [-0.25, -0.2) is 4.98 Å². The van der Waals surface area contributed by atoms with Gasteiger partial charge in [0.1, 0.15) is 0 Å². The second-order valence-corrected chi connectivity index (χ2v) is 5.26. The van der Waals surface area contributed by atoms with Crippen molar-refractivity contribution in [3.63, 3.8) is 0 Å². The molecule has 7 heteroatoms. The summed E-state index contributed by atoms with van der Waals surface area (Å²) in [5.41, 5.74) is 2.48. The van der Waals surface area contributed by atoms with Gasteiger partial charge in [-0.15, -0.1) is 12.4 Å². The highest BCUT2D eigenvalue weighted by Crippen LogP contribution is 2.22. The van der Waals surface area contributed by atoms with Crippen LogP contribution >= 0.6 is 12.4 Å². The molecule has 0 aliphatic carbocycles. The van der Waals surface area contributed by atoms with Gasteiger partial charge in [-0.2, -0.15) is 0 Å². The van der Waals surface area contributed by atoms with Crippen LogP contribution in [0.3, 0.4) is 0 Å². The third-order valence-corrected chi connectivity index (χ3v) is 3.66. The zero-order chi connectivity index (χ0) is 14.1. The normalized spacial score (nSPS) is 15.7. The third kappa shape index (κ3) is 3.16. The van der Waals surface area contributed by atoms with Gasteiger partial charge in [-0.05, 0) is 45.8 Å². The van der Waals surface area contributed by atoms with Gasteiger partial charge in [-0.3, -0.25) is 4.79 Å². The van der Waals surface area contributed by atoms with E-state index in [1.807, 2.05) is 13.8 Å². The lowest BCUT2D eigenvalue weighted by molar-refractivity contribution is 0.0931. The molecule has 21 heavy (non-hydrogen) atoms. The van der Waals surface area contributed by atoms with Crippen molar-refractivity contribution in [2.24, 2.45) is 0 Å². The van der Waals surface area contributed by atoms with Crippen LogP contribution in [0.4, 0.5) is 0 Å². The van der Waals surface area contributed by atoms with Gasteiger partial charge in [0.2, 0.25) is 0 Å². The van der Waals surface area contributed by atoms with Crippen molar-refractivity contribution in [3.8, 4) is 0 Å². The predicted molar refractivity (Wildman–Crippen MR) is 81.9 cm³/mol. The molecule has 0 bridgehead atoms. The Morgan fingerprint density at radius 1 is 1.38 bits per heavy atom. The number of pyridine rings is 1. The first-order chi connectivity index (χ1) is 9.65. The number of nitrogens with one attached hydrogen (secondary N) is 2. The minimum absolute atomic E-state index is 0. The van der Waals surface area contributed by atoms with Crippen LogP contribution in [0.5, 0.6) is 0 Å². The van der Waals surface area contributed by atoms with Crippen molar-refractivity contribution in [2.45, 2.75) is 32.7 Å². The molecule has 114 valence electrons. The third-order valence-electron chi connectivity index (χ3n) is 3.66. The topological polar surface area (TPSA) is 80.0 Å². The Bertz CT molecular complexity index is 650. The number of carbonyl (C=O) groups is 1. The molecule has 2 N–H and O–H groups in total. The van der Waals surface area contributed by atoms with Gasteiger partial charge in [0, 0.05) is 11.7 Å². The van der Waals surface area contributed by atoms with E-state index in [1.54, 1.807) is 6.07 Å². The van der Waals surface area contributed by atoms with Crippen LogP contribution in [0.15, 0.2) is 10.6 Å². The van der Waals surface area contributed by atoms with E-state index in [4.69, 9.17) is 4.52 Å². The fraction of sp³-hybridized carbons (Fsp3) is 0.500. The molecule has 0 saturated carbocycles. The van der Waals surface area contributed by atoms with E-state index in [1.165, 1.54) is 0 Å². The van der Waals surface area contributed by atoms with Gasteiger partial charge in [-0.1, -0.05) is 5.16 Å². The van der Waals surface area contributed by atoms with Crippen molar-refractivity contribution >= 4 is 29.4 Å². The Labute approximate surface area is 129 Å². The van der Waals surface area contributed by atoms with Crippen LogP contribution in [0, 0.1) is 13.8 Å². The summed E-state index contributed by atoms with van der Waals surface area (Å²) in [6.07, 6.45) is 1.92. The van der Waals surface area contributed by atoms with Crippen molar-refractivity contribution in [2.75, 3.05) is 13.1 Å². The zero-order valence-corrected chi connectivity index (χ0v) is 12.9. The van der Waals surface area contributed by atoms with Crippen molar-refractivity contribution in [1.29, 1.82) is 0 Å². The number of aryl methyl sites for hydroxylation is 2. The molecule has 1 aliphatic heterocycles. The highest BCUT2D eigenvalue weighted by Gasteiger charge is 2.21. The molecule has 1 amide bonds. The van der Waals surface area contributed by atoms with E-state index in [0.717, 1.165) is 31.6 Å². The summed E-state index contributed by atoms with van der Waals surface area (Å²) in [5, 5.41) is 11.0. The minimum Gasteiger partial charge on any atom is -0.349 e. The molecule has 0 aromatic carbocycles. The zero-order valence-electron chi connectivity index (χ0n) is 12.1. The number of fused-ring (bicyclic) bond motifs is 1. The summed E-state index contributed by atoms with van der Waals surface area (Å²) in [7, 11) is 0. The molecule has 6 nitrogen and oxygen atoms in total. The van der Waals surface area contributed by atoms with Crippen LogP contribution < -0.4 is 10.6 Å². The summed E-state index contributed by atoms with van der Waals surface area (Å²) < 4.78 is 5.16. The maximum Gasteiger partial charge on any atom is 0.258 e.